The third-order valence-electron chi connectivity index (χ3n) is 5.05. The van der Waals surface area contributed by atoms with Crippen molar-refractivity contribution >= 4 is 38.9 Å². The van der Waals surface area contributed by atoms with E-state index in [-0.39, 0.29) is 34.3 Å². The van der Waals surface area contributed by atoms with Crippen LogP contribution in [0.2, 0.25) is 5.02 Å². The van der Waals surface area contributed by atoms with Crippen LogP contribution in [0.25, 0.3) is 5.78 Å². The smallest absolute Gasteiger partial charge is 0.275 e. The number of halogens is 1. The number of hydrogen-bond donors (Lipinski definition) is 0. The molecule has 0 radical (unpaired) electrons. The lowest BCUT2D eigenvalue weighted by Crippen LogP contribution is -2.49. The highest BCUT2D eigenvalue weighted by Gasteiger charge is 2.31. The molecule has 1 saturated heterocycles. The van der Waals surface area contributed by atoms with Gasteiger partial charge in [-0.3, -0.25) is 10.1 Å². The molecule has 1 aromatic carbocycles. The van der Waals surface area contributed by atoms with Gasteiger partial charge in [0, 0.05) is 49.6 Å². The van der Waals surface area contributed by atoms with Crippen molar-refractivity contribution < 1.29 is 13.3 Å². The Balaban J connectivity index is 1.59. The normalized spacial score (nSPS) is 15.6. The van der Waals surface area contributed by atoms with Crippen molar-refractivity contribution in [2.24, 2.45) is 0 Å². The molecular weight excluding hydrogens is 434 g/mol. The summed E-state index contributed by atoms with van der Waals surface area (Å²) < 4.78 is 29.1. The summed E-state index contributed by atoms with van der Waals surface area (Å²) in [6.07, 6.45) is 1.42. The van der Waals surface area contributed by atoms with Crippen LogP contribution >= 0.6 is 11.6 Å². The SMILES string of the molecule is Cc1cc(N2CCN(S(=O)(=O)c3cc(Cl)c(C)c([N+](=O)[O-])c3)CC2)n2ncnc2n1. The van der Waals surface area contributed by atoms with Crippen LogP contribution in [0.15, 0.2) is 29.4 Å². The standard InChI is InChI=1S/C17H18ClN7O4S/c1-11-7-16(24-17(21-11)19-10-20-24)22-3-5-23(6-4-22)30(28,29)13-8-14(18)12(2)15(9-13)25(26)27/h7-10H,3-6H2,1-2H3. The molecule has 0 unspecified atom stereocenters. The van der Waals surface area contributed by atoms with Crippen molar-refractivity contribution in [2.45, 2.75) is 18.7 Å². The summed E-state index contributed by atoms with van der Waals surface area (Å²) >= 11 is 6.05. The Kier molecular flexibility index (Phi) is 5.08. The first-order chi connectivity index (χ1) is 14.2. The lowest BCUT2D eigenvalue weighted by Gasteiger charge is -2.35. The van der Waals surface area contributed by atoms with Gasteiger partial charge < -0.3 is 4.90 Å². The van der Waals surface area contributed by atoms with Crippen LogP contribution in [0.5, 0.6) is 0 Å². The van der Waals surface area contributed by atoms with Gasteiger partial charge in [-0.2, -0.15) is 18.9 Å². The number of rotatable bonds is 4. The molecule has 4 rings (SSSR count). The molecule has 2 aromatic heterocycles. The van der Waals surface area contributed by atoms with Crippen LogP contribution < -0.4 is 4.90 Å². The van der Waals surface area contributed by atoms with Crippen LogP contribution in [0.4, 0.5) is 11.5 Å². The number of nitro groups is 1. The summed E-state index contributed by atoms with van der Waals surface area (Å²) in [4.78, 5) is 20.9. The second-order valence-electron chi connectivity index (χ2n) is 6.93. The molecule has 11 nitrogen and oxygen atoms in total. The van der Waals surface area contributed by atoms with Gasteiger partial charge in [0.25, 0.3) is 11.5 Å². The zero-order chi connectivity index (χ0) is 21.6. The average molecular weight is 452 g/mol. The van der Waals surface area contributed by atoms with Crippen molar-refractivity contribution in [3.8, 4) is 0 Å². The fraction of sp³-hybridized carbons (Fsp3) is 0.353. The summed E-state index contributed by atoms with van der Waals surface area (Å²) in [5.41, 5.74) is 0.693. The van der Waals surface area contributed by atoms with E-state index < -0.39 is 14.9 Å². The van der Waals surface area contributed by atoms with Gasteiger partial charge in [0.2, 0.25) is 10.0 Å². The molecule has 1 fully saturated rings. The van der Waals surface area contributed by atoms with Crippen molar-refractivity contribution in [1.29, 1.82) is 0 Å². The molecular formula is C17H18ClN7O4S. The third kappa shape index (κ3) is 3.46. The zero-order valence-corrected chi connectivity index (χ0v) is 17.8. The Hall–Kier alpha value is -2.83. The van der Waals surface area contributed by atoms with Gasteiger partial charge in [-0.15, -0.1) is 0 Å². The first-order valence-corrected chi connectivity index (χ1v) is 10.9. The maximum atomic E-state index is 13.1. The van der Waals surface area contributed by atoms with Gasteiger partial charge in [-0.1, -0.05) is 11.6 Å². The Morgan fingerprint density at radius 3 is 2.50 bits per heavy atom. The lowest BCUT2D eigenvalue weighted by molar-refractivity contribution is -0.385. The molecule has 1 aliphatic rings. The van der Waals surface area contributed by atoms with E-state index in [1.54, 1.807) is 4.52 Å². The first-order valence-electron chi connectivity index (χ1n) is 9.05. The largest absolute Gasteiger partial charge is 0.354 e. The van der Waals surface area contributed by atoms with Crippen molar-refractivity contribution in [3.63, 3.8) is 0 Å². The van der Waals surface area contributed by atoms with Gasteiger partial charge in [0.15, 0.2) is 0 Å². The highest BCUT2D eigenvalue weighted by atomic mass is 35.5. The summed E-state index contributed by atoms with van der Waals surface area (Å²) in [7, 11) is -3.93. The molecule has 0 spiro atoms. The Morgan fingerprint density at radius 2 is 1.83 bits per heavy atom. The molecule has 1 aliphatic heterocycles. The van der Waals surface area contributed by atoms with E-state index in [2.05, 4.69) is 15.1 Å². The minimum Gasteiger partial charge on any atom is -0.354 e. The lowest BCUT2D eigenvalue weighted by atomic mass is 10.2. The molecule has 13 heteroatoms. The quantitative estimate of drug-likeness (QED) is 0.434. The van der Waals surface area contributed by atoms with Crippen molar-refractivity contribution in [1.82, 2.24) is 23.9 Å². The van der Waals surface area contributed by atoms with E-state index in [1.165, 1.54) is 23.6 Å². The van der Waals surface area contributed by atoms with Gasteiger partial charge in [-0.25, -0.2) is 13.4 Å². The van der Waals surface area contributed by atoms with E-state index in [0.29, 0.717) is 18.9 Å². The monoisotopic (exact) mass is 451 g/mol. The molecule has 3 aromatic rings. The molecule has 0 bridgehead atoms. The van der Waals surface area contributed by atoms with Gasteiger partial charge >= 0.3 is 0 Å². The summed E-state index contributed by atoms with van der Waals surface area (Å²) in [6.45, 7) is 4.58. The number of sulfonamides is 1. The number of nitrogens with zero attached hydrogens (tertiary/aromatic N) is 7. The molecule has 0 amide bonds. The Bertz CT molecular complexity index is 1250. The second-order valence-corrected chi connectivity index (χ2v) is 9.27. The Labute approximate surface area is 177 Å². The number of anilines is 1. The number of piperazine rings is 1. The third-order valence-corrected chi connectivity index (χ3v) is 7.32. The van der Waals surface area contributed by atoms with E-state index in [1.807, 2.05) is 17.9 Å². The second kappa shape index (κ2) is 7.45. The maximum absolute atomic E-state index is 13.1. The first kappa shape index (κ1) is 20.4. The fourth-order valence-corrected chi connectivity index (χ4v) is 5.17. The number of hydrogen-bond acceptors (Lipinski definition) is 8. The summed E-state index contributed by atoms with van der Waals surface area (Å²) in [5, 5.41) is 15.5. The number of benzene rings is 1. The van der Waals surface area contributed by atoms with Crippen LogP contribution in [-0.2, 0) is 10.0 Å². The van der Waals surface area contributed by atoms with E-state index in [9.17, 15) is 18.5 Å². The predicted octanol–water partition coefficient (Wildman–Crippen LogP) is 1.81. The van der Waals surface area contributed by atoms with Gasteiger partial charge in [0.1, 0.15) is 12.1 Å². The number of nitro benzene ring substituents is 1. The Morgan fingerprint density at radius 1 is 1.13 bits per heavy atom. The molecule has 3 heterocycles. The van der Waals surface area contributed by atoms with Crippen molar-refractivity contribution in [2.75, 3.05) is 31.1 Å². The number of aromatic nitrogens is 4. The van der Waals surface area contributed by atoms with Crippen LogP contribution in [0.1, 0.15) is 11.3 Å². The van der Waals surface area contributed by atoms with Crippen LogP contribution in [-0.4, -0.2) is 63.4 Å². The van der Waals surface area contributed by atoms with Crippen molar-refractivity contribution in [3.05, 3.63) is 50.9 Å². The predicted molar refractivity (Wildman–Crippen MR) is 109 cm³/mol. The van der Waals surface area contributed by atoms with E-state index in [4.69, 9.17) is 11.6 Å². The number of fused-ring (bicyclic) bond motifs is 1. The molecule has 0 aliphatic carbocycles. The number of aryl methyl sites for hydroxylation is 1. The van der Waals surface area contributed by atoms with E-state index >= 15 is 0 Å². The summed E-state index contributed by atoms with van der Waals surface area (Å²) in [6, 6.07) is 4.19. The topological polar surface area (TPSA) is 127 Å². The fourth-order valence-electron chi connectivity index (χ4n) is 3.42. The highest BCUT2D eigenvalue weighted by molar-refractivity contribution is 7.89. The van der Waals surface area contributed by atoms with Crippen LogP contribution in [0.3, 0.4) is 0 Å². The van der Waals surface area contributed by atoms with E-state index in [0.717, 1.165) is 17.6 Å². The maximum Gasteiger partial charge on any atom is 0.275 e. The van der Waals surface area contributed by atoms with Crippen LogP contribution in [0, 0.1) is 24.0 Å². The average Bonchev–Trinajstić information content (AvgIpc) is 3.17. The molecule has 30 heavy (non-hydrogen) atoms. The minimum atomic E-state index is -3.93. The molecule has 158 valence electrons. The minimum absolute atomic E-state index is 0.0437. The molecule has 0 N–H and O–H groups in total. The highest BCUT2D eigenvalue weighted by Crippen LogP contribution is 2.31. The molecule has 0 saturated carbocycles. The molecule has 0 atom stereocenters. The zero-order valence-electron chi connectivity index (χ0n) is 16.2. The summed E-state index contributed by atoms with van der Waals surface area (Å²) in [5.74, 6) is 1.25. The van der Waals surface area contributed by atoms with Gasteiger partial charge in [-0.05, 0) is 19.9 Å². The van der Waals surface area contributed by atoms with Gasteiger partial charge in [0.05, 0.1) is 14.8 Å².